The average Bonchev–Trinajstić information content (AvgIpc) is 3.29. The van der Waals surface area contributed by atoms with Crippen molar-refractivity contribution in [2.75, 3.05) is 5.75 Å². The lowest BCUT2D eigenvalue weighted by molar-refractivity contribution is -0.112. The molecule has 9 heteroatoms. The van der Waals surface area contributed by atoms with Crippen molar-refractivity contribution in [1.29, 1.82) is 0 Å². The monoisotopic (exact) mass is 412 g/mol. The number of rotatable bonds is 4. The van der Waals surface area contributed by atoms with E-state index in [1.54, 1.807) is 11.6 Å². The van der Waals surface area contributed by atoms with Gasteiger partial charge in [-0.3, -0.25) is 23.5 Å². The second-order valence-electron chi connectivity index (χ2n) is 7.03. The Labute approximate surface area is 170 Å². The molecule has 8 nitrogen and oxygen atoms in total. The van der Waals surface area contributed by atoms with E-state index in [2.05, 4.69) is 5.32 Å². The maximum Gasteiger partial charge on any atom is 0.332 e. The molecule has 3 heterocycles. The van der Waals surface area contributed by atoms with Crippen molar-refractivity contribution in [3.05, 3.63) is 68.5 Å². The van der Waals surface area contributed by atoms with Gasteiger partial charge in [0, 0.05) is 26.4 Å². The summed E-state index contributed by atoms with van der Waals surface area (Å²) >= 11 is 1.20. The first kappa shape index (κ1) is 19.3. The van der Waals surface area contributed by atoms with Crippen molar-refractivity contribution in [2.45, 2.75) is 19.0 Å². The molecule has 1 saturated heterocycles. The van der Waals surface area contributed by atoms with E-state index in [1.807, 2.05) is 30.3 Å². The molecule has 0 bridgehead atoms. The lowest BCUT2D eigenvalue weighted by Gasteiger charge is -2.15. The van der Waals surface area contributed by atoms with Crippen LogP contribution in [0.3, 0.4) is 0 Å². The number of aryl methyl sites for hydroxylation is 1. The first-order chi connectivity index (χ1) is 13.9. The Balaban J connectivity index is 1.89. The van der Waals surface area contributed by atoms with E-state index < -0.39 is 23.2 Å². The number of thioether (sulfide) groups is 1. The van der Waals surface area contributed by atoms with Crippen molar-refractivity contribution in [3.63, 3.8) is 0 Å². The fourth-order valence-corrected chi connectivity index (χ4v) is 4.55. The molecule has 1 fully saturated rings. The van der Waals surface area contributed by atoms with Gasteiger partial charge in [-0.05, 0) is 18.1 Å². The van der Waals surface area contributed by atoms with Crippen LogP contribution in [0.15, 0.2) is 46.0 Å². The van der Waals surface area contributed by atoms with Crippen LogP contribution in [0.25, 0.3) is 11.0 Å². The fraction of sp³-hybridized carbons (Fsp3) is 0.300. The van der Waals surface area contributed by atoms with E-state index in [9.17, 15) is 19.2 Å². The lowest BCUT2D eigenvalue weighted by atomic mass is 10.2. The summed E-state index contributed by atoms with van der Waals surface area (Å²) in [6, 6.07) is 10.4. The first-order valence-electron chi connectivity index (χ1n) is 9.19. The summed E-state index contributed by atoms with van der Waals surface area (Å²) in [7, 11) is 2.98. The van der Waals surface area contributed by atoms with Crippen LogP contribution < -0.4 is 16.6 Å². The predicted molar refractivity (Wildman–Crippen MR) is 111 cm³/mol. The molecule has 1 aliphatic rings. The summed E-state index contributed by atoms with van der Waals surface area (Å²) in [6.45, 7) is 0.306. The van der Waals surface area contributed by atoms with Crippen molar-refractivity contribution < 1.29 is 9.59 Å². The molecule has 3 aromatic rings. The molecular weight excluding hydrogens is 392 g/mol. The Hall–Kier alpha value is -3.07. The highest BCUT2D eigenvalue weighted by Crippen LogP contribution is 2.22. The summed E-state index contributed by atoms with van der Waals surface area (Å²) in [4.78, 5) is 50.1. The number of hydrogen-bond acceptors (Lipinski definition) is 5. The highest BCUT2D eigenvalue weighted by atomic mass is 32.2. The predicted octanol–water partition coefficient (Wildman–Crippen LogP) is 0.849. The summed E-state index contributed by atoms with van der Waals surface area (Å²) in [5.74, 6) is 0.235. The SMILES string of the molecule is Cn1c(=O)c2cc(C(=O)N[C@@H]3CCSC3=O)n(Cc3ccccc3)c2n(C)c1=O. The van der Waals surface area contributed by atoms with Crippen LogP contribution >= 0.6 is 11.8 Å². The van der Waals surface area contributed by atoms with Gasteiger partial charge in [0.15, 0.2) is 0 Å². The van der Waals surface area contributed by atoms with Gasteiger partial charge >= 0.3 is 5.69 Å². The van der Waals surface area contributed by atoms with Crippen LogP contribution in [0.5, 0.6) is 0 Å². The molecule has 4 rings (SSSR count). The Bertz CT molecular complexity index is 1240. The molecule has 1 amide bonds. The van der Waals surface area contributed by atoms with E-state index in [-0.39, 0.29) is 16.2 Å². The molecule has 0 spiro atoms. The fourth-order valence-electron chi connectivity index (χ4n) is 3.61. The number of carbonyl (C=O) groups excluding carboxylic acids is 2. The molecule has 0 saturated carbocycles. The van der Waals surface area contributed by atoms with Gasteiger partial charge in [0.05, 0.1) is 11.4 Å². The van der Waals surface area contributed by atoms with Gasteiger partial charge < -0.3 is 9.88 Å². The van der Waals surface area contributed by atoms with Crippen LogP contribution in [-0.2, 0) is 25.4 Å². The number of nitrogens with zero attached hydrogens (tertiary/aromatic N) is 3. The minimum Gasteiger partial charge on any atom is -0.340 e. The minimum atomic E-state index is -0.539. The molecular formula is C20H20N4O4S. The molecule has 29 heavy (non-hydrogen) atoms. The van der Waals surface area contributed by atoms with Gasteiger partial charge in [-0.1, -0.05) is 42.1 Å². The molecule has 150 valence electrons. The second kappa shape index (κ2) is 7.40. The topological polar surface area (TPSA) is 95.1 Å². The lowest BCUT2D eigenvalue weighted by Crippen LogP contribution is -2.38. The molecule has 2 aromatic heterocycles. The molecule has 0 aliphatic carbocycles. The van der Waals surface area contributed by atoms with Crippen LogP contribution in [0.1, 0.15) is 22.5 Å². The molecule has 0 unspecified atom stereocenters. The summed E-state index contributed by atoms with van der Waals surface area (Å²) < 4.78 is 4.05. The van der Waals surface area contributed by atoms with Crippen LogP contribution in [-0.4, -0.2) is 36.5 Å². The zero-order valence-corrected chi connectivity index (χ0v) is 16.9. The molecule has 1 aromatic carbocycles. The zero-order valence-electron chi connectivity index (χ0n) is 16.0. The Morgan fingerprint density at radius 2 is 1.86 bits per heavy atom. The Kier molecular flexibility index (Phi) is 4.91. The summed E-state index contributed by atoms with van der Waals surface area (Å²) in [5.41, 5.74) is 0.603. The standard InChI is InChI=1S/C20H20N4O4S/c1-22-17-13(18(26)23(2)20(22)28)10-15(16(25)21-14-8-9-29-19(14)27)24(17)11-12-6-4-3-5-7-12/h3-7,10,14H,8-9,11H2,1-2H3,(H,21,25)/t14-/m1/s1. The van der Waals surface area contributed by atoms with Crippen LogP contribution in [0, 0.1) is 0 Å². The number of nitrogens with one attached hydrogen (secondary N) is 1. The minimum absolute atomic E-state index is 0.0626. The third kappa shape index (κ3) is 3.31. The van der Waals surface area contributed by atoms with E-state index in [0.717, 1.165) is 10.1 Å². The van der Waals surface area contributed by atoms with E-state index in [1.165, 1.54) is 29.4 Å². The van der Waals surface area contributed by atoms with Crippen LogP contribution in [0.4, 0.5) is 0 Å². The highest BCUT2D eigenvalue weighted by Gasteiger charge is 2.29. The average molecular weight is 412 g/mol. The van der Waals surface area contributed by atoms with E-state index in [4.69, 9.17) is 0 Å². The normalized spacial score (nSPS) is 16.5. The molecule has 1 aliphatic heterocycles. The number of hydrogen-bond donors (Lipinski definition) is 1. The maximum absolute atomic E-state index is 13.0. The number of benzene rings is 1. The first-order valence-corrected chi connectivity index (χ1v) is 10.2. The Morgan fingerprint density at radius 1 is 1.14 bits per heavy atom. The van der Waals surface area contributed by atoms with Crippen molar-refractivity contribution in [3.8, 4) is 0 Å². The van der Waals surface area contributed by atoms with Gasteiger partial charge in [-0.15, -0.1) is 0 Å². The van der Waals surface area contributed by atoms with Crippen molar-refractivity contribution in [1.82, 2.24) is 19.0 Å². The Morgan fingerprint density at radius 3 is 2.52 bits per heavy atom. The van der Waals surface area contributed by atoms with Crippen molar-refractivity contribution in [2.24, 2.45) is 14.1 Å². The smallest absolute Gasteiger partial charge is 0.332 e. The maximum atomic E-state index is 13.0. The quantitative estimate of drug-likeness (QED) is 0.686. The van der Waals surface area contributed by atoms with Gasteiger partial charge in [0.2, 0.25) is 5.12 Å². The van der Waals surface area contributed by atoms with Gasteiger partial charge in [0.25, 0.3) is 11.5 Å². The van der Waals surface area contributed by atoms with Gasteiger partial charge in [0.1, 0.15) is 11.3 Å². The van der Waals surface area contributed by atoms with E-state index >= 15 is 0 Å². The highest BCUT2D eigenvalue weighted by molar-refractivity contribution is 8.14. The molecule has 0 radical (unpaired) electrons. The summed E-state index contributed by atoms with van der Waals surface area (Å²) in [6.07, 6.45) is 0.578. The van der Waals surface area contributed by atoms with Crippen LogP contribution in [0.2, 0.25) is 0 Å². The number of amides is 1. The number of aromatic nitrogens is 3. The van der Waals surface area contributed by atoms with Crippen molar-refractivity contribution >= 4 is 33.8 Å². The number of carbonyl (C=O) groups is 2. The van der Waals surface area contributed by atoms with Gasteiger partial charge in [-0.25, -0.2) is 4.79 Å². The van der Waals surface area contributed by atoms with Gasteiger partial charge in [-0.2, -0.15) is 0 Å². The zero-order chi connectivity index (χ0) is 20.7. The summed E-state index contributed by atoms with van der Waals surface area (Å²) in [5, 5.41) is 2.99. The van der Waals surface area contributed by atoms with E-state index in [0.29, 0.717) is 24.4 Å². The molecule has 1 N–H and O–H groups in total. The third-order valence-electron chi connectivity index (χ3n) is 5.15. The second-order valence-corrected chi connectivity index (χ2v) is 8.13. The molecule has 1 atom stereocenters. The largest absolute Gasteiger partial charge is 0.340 e. The number of fused-ring (bicyclic) bond motifs is 1. The third-order valence-corrected chi connectivity index (χ3v) is 6.16.